The standard InChI is InChI=1S/C28H34Cl2N2O3/c1-7-14-28(6)17-21(22-16-20(30)13-15-31-22)24(18-9-11-19(29)12-10-18)32(26(28)34)23(8-2)25(33)35-27(3,4)5/h7,9-13,15-16,21,23-24H,1,8,14,17H2,2-6H3/t21-,23?,24-,28+/m1/s1. The number of rotatable bonds is 7. The molecule has 1 amide bonds. The van der Waals surface area contributed by atoms with Crippen LogP contribution in [0.1, 0.15) is 77.1 Å². The molecular weight excluding hydrogens is 483 g/mol. The number of nitrogens with zero attached hydrogens (tertiary/aromatic N) is 2. The molecule has 1 aromatic heterocycles. The van der Waals surface area contributed by atoms with Gasteiger partial charge in [-0.15, -0.1) is 6.58 Å². The summed E-state index contributed by atoms with van der Waals surface area (Å²) in [5.74, 6) is -0.740. The number of hydrogen-bond donors (Lipinski definition) is 0. The summed E-state index contributed by atoms with van der Waals surface area (Å²) in [7, 11) is 0. The predicted octanol–water partition coefficient (Wildman–Crippen LogP) is 7.15. The van der Waals surface area contributed by atoms with Gasteiger partial charge in [0.15, 0.2) is 0 Å². The Balaban J connectivity index is 2.24. The molecule has 1 aliphatic heterocycles. The number of amides is 1. The number of esters is 1. The Morgan fingerprint density at radius 3 is 2.46 bits per heavy atom. The predicted molar refractivity (Wildman–Crippen MR) is 140 cm³/mol. The first-order valence-electron chi connectivity index (χ1n) is 11.9. The molecule has 1 aliphatic rings. The van der Waals surface area contributed by atoms with Crippen molar-refractivity contribution < 1.29 is 14.3 Å². The number of benzene rings is 1. The lowest BCUT2D eigenvalue weighted by molar-refractivity contribution is -0.173. The smallest absolute Gasteiger partial charge is 0.329 e. The fourth-order valence-electron chi connectivity index (χ4n) is 4.93. The normalized spacial score (nSPS) is 23.6. The van der Waals surface area contributed by atoms with Crippen molar-refractivity contribution in [2.45, 2.75) is 77.5 Å². The molecule has 5 nitrogen and oxygen atoms in total. The van der Waals surface area contributed by atoms with Crippen LogP contribution in [0.2, 0.25) is 10.0 Å². The molecule has 1 fully saturated rings. The topological polar surface area (TPSA) is 59.5 Å². The molecule has 4 atom stereocenters. The number of piperidine rings is 1. The fraction of sp³-hybridized carbons (Fsp3) is 0.464. The van der Waals surface area contributed by atoms with E-state index in [1.165, 1.54) is 0 Å². The van der Waals surface area contributed by atoms with Crippen molar-refractivity contribution in [3.05, 3.63) is 76.6 Å². The third kappa shape index (κ3) is 6.07. The SMILES string of the molecule is C=CC[C@@]1(C)C[C@H](c2cc(Cl)ccn2)[C@@H](c2ccc(Cl)cc2)N(C(CC)C(=O)OC(C)(C)C)C1=O. The van der Waals surface area contributed by atoms with E-state index in [0.717, 1.165) is 11.3 Å². The van der Waals surface area contributed by atoms with Gasteiger partial charge in [0, 0.05) is 27.9 Å². The molecule has 0 bridgehead atoms. The maximum absolute atomic E-state index is 14.2. The van der Waals surface area contributed by atoms with Crippen molar-refractivity contribution in [3.8, 4) is 0 Å². The van der Waals surface area contributed by atoms with Crippen molar-refractivity contribution in [1.82, 2.24) is 9.88 Å². The number of hydrogen-bond acceptors (Lipinski definition) is 4. The highest BCUT2D eigenvalue weighted by molar-refractivity contribution is 6.30. The van der Waals surface area contributed by atoms with Gasteiger partial charge in [0.25, 0.3) is 0 Å². The van der Waals surface area contributed by atoms with Crippen molar-refractivity contribution in [2.24, 2.45) is 5.41 Å². The maximum Gasteiger partial charge on any atom is 0.329 e. The second-order valence-corrected chi connectivity index (χ2v) is 11.3. The highest BCUT2D eigenvalue weighted by atomic mass is 35.5. The minimum Gasteiger partial charge on any atom is -0.458 e. The number of aromatic nitrogens is 1. The number of pyridine rings is 1. The van der Waals surface area contributed by atoms with Gasteiger partial charge in [-0.1, -0.05) is 55.3 Å². The number of halogens is 2. The Morgan fingerprint density at radius 2 is 1.91 bits per heavy atom. The van der Waals surface area contributed by atoms with Gasteiger partial charge in [-0.2, -0.15) is 0 Å². The van der Waals surface area contributed by atoms with Crippen LogP contribution in [0.3, 0.4) is 0 Å². The van der Waals surface area contributed by atoms with Crippen molar-refractivity contribution in [1.29, 1.82) is 0 Å². The minimum absolute atomic E-state index is 0.103. The summed E-state index contributed by atoms with van der Waals surface area (Å²) in [4.78, 5) is 34.0. The molecule has 188 valence electrons. The van der Waals surface area contributed by atoms with Gasteiger partial charge in [-0.05, 0) is 69.9 Å². The molecule has 1 aromatic carbocycles. The molecule has 7 heteroatoms. The van der Waals surface area contributed by atoms with E-state index in [1.807, 2.05) is 52.8 Å². The zero-order valence-corrected chi connectivity index (χ0v) is 22.6. The van der Waals surface area contributed by atoms with Gasteiger partial charge in [0.1, 0.15) is 11.6 Å². The van der Waals surface area contributed by atoms with E-state index in [1.54, 1.807) is 35.4 Å². The molecule has 1 saturated heterocycles. The van der Waals surface area contributed by atoms with Crippen LogP contribution in [0.15, 0.2) is 55.3 Å². The second kappa shape index (κ2) is 10.7. The summed E-state index contributed by atoms with van der Waals surface area (Å²) >= 11 is 12.6. The Bertz CT molecular complexity index is 1080. The second-order valence-electron chi connectivity index (χ2n) is 10.4. The van der Waals surface area contributed by atoms with Crippen LogP contribution in [0.5, 0.6) is 0 Å². The largest absolute Gasteiger partial charge is 0.458 e. The first-order chi connectivity index (χ1) is 16.4. The summed E-state index contributed by atoms with van der Waals surface area (Å²) < 4.78 is 5.77. The van der Waals surface area contributed by atoms with Crippen LogP contribution in [0, 0.1) is 5.41 Å². The molecule has 3 rings (SSSR count). The molecule has 35 heavy (non-hydrogen) atoms. The Kier molecular flexibility index (Phi) is 8.33. The van der Waals surface area contributed by atoms with Crippen LogP contribution in [-0.4, -0.2) is 33.4 Å². The summed E-state index contributed by atoms with van der Waals surface area (Å²) in [6, 6.07) is 9.75. The van der Waals surface area contributed by atoms with E-state index < -0.39 is 29.1 Å². The molecule has 0 N–H and O–H groups in total. The monoisotopic (exact) mass is 516 g/mol. The Morgan fingerprint density at radius 1 is 1.26 bits per heavy atom. The van der Waals surface area contributed by atoms with Gasteiger partial charge in [-0.25, -0.2) is 4.79 Å². The Labute approximate surface area is 218 Å². The summed E-state index contributed by atoms with van der Waals surface area (Å²) in [5.41, 5.74) is 0.188. The summed E-state index contributed by atoms with van der Waals surface area (Å²) in [5, 5.41) is 1.16. The molecule has 0 saturated carbocycles. The number of likely N-dealkylation sites (tertiary alicyclic amines) is 1. The van der Waals surface area contributed by atoms with Crippen molar-refractivity contribution >= 4 is 35.1 Å². The molecular formula is C28H34Cl2N2O3. The lowest BCUT2D eigenvalue weighted by Crippen LogP contribution is -2.58. The third-order valence-corrected chi connectivity index (χ3v) is 6.92. The van der Waals surface area contributed by atoms with Crippen LogP contribution >= 0.6 is 23.2 Å². The minimum atomic E-state index is -0.770. The van der Waals surface area contributed by atoms with Gasteiger partial charge in [0.05, 0.1) is 11.5 Å². The maximum atomic E-state index is 14.2. The number of allylic oxidation sites excluding steroid dienone is 1. The lowest BCUT2D eigenvalue weighted by Gasteiger charge is -2.51. The quantitative estimate of drug-likeness (QED) is 0.289. The van der Waals surface area contributed by atoms with Crippen LogP contribution in [0.25, 0.3) is 0 Å². The number of ether oxygens (including phenoxy) is 1. The van der Waals surface area contributed by atoms with Gasteiger partial charge in [-0.3, -0.25) is 9.78 Å². The zero-order valence-electron chi connectivity index (χ0n) is 21.1. The van der Waals surface area contributed by atoms with Crippen molar-refractivity contribution in [3.63, 3.8) is 0 Å². The first kappa shape index (κ1) is 27.2. The van der Waals surface area contributed by atoms with E-state index in [0.29, 0.717) is 29.3 Å². The third-order valence-electron chi connectivity index (χ3n) is 6.43. The average Bonchev–Trinajstić information content (AvgIpc) is 2.77. The zero-order chi connectivity index (χ0) is 26.0. The van der Waals surface area contributed by atoms with E-state index in [4.69, 9.17) is 27.9 Å². The molecule has 1 unspecified atom stereocenters. The highest BCUT2D eigenvalue weighted by Crippen LogP contribution is 2.52. The summed E-state index contributed by atoms with van der Waals surface area (Å²) in [6.07, 6.45) is 4.84. The fourth-order valence-corrected chi connectivity index (χ4v) is 5.22. The van der Waals surface area contributed by atoms with Gasteiger partial charge in [0.2, 0.25) is 5.91 Å². The summed E-state index contributed by atoms with van der Waals surface area (Å²) in [6.45, 7) is 13.2. The van der Waals surface area contributed by atoms with Crippen LogP contribution in [-0.2, 0) is 14.3 Å². The molecule has 2 aromatic rings. The molecule has 0 spiro atoms. The Hall–Kier alpha value is -2.37. The highest BCUT2D eigenvalue weighted by Gasteiger charge is 2.53. The molecule has 0 aliphatic carbocycles. The average molecular weight is 517 g/mol. The van der Waals surface area contributed by atoms with Crippen LogP contribution < -0.4 is 0 Å². The molecule has 2 heterocycles. The van der Waals surface area contributed by atoms with Gasteiger partial charge >= 0.3 is 5.97 Å². The van der Waals surface area contributed by atoms with E-state index in [2.05, 4.69) is 11.6 Å². The van der Waals surface area contributed by atoms with E-state index in [9.17, 15) is 9.59 Å². The van der Waals surface area contributed by atoms with E-state index in [-0.39, 0.29) is 11.8 Å². The van der Waals surface area contributed by atoms with Gasteiger partial charge < -0.3 is 9.64 Å². The van der Waals surface area contributed by atoms with Crippen molar-refractivity contribution in [2.75, 3.05) is 0 Å². The van der Waals surface area contributed by atoms with Crippen LogP contribution in [0.4, 0.5) is 0 Å². The lowest BCUT2D eigenvalue weighted by atomic mass is 9.68. The number of carbonyl (C=O) groups excluding carboxylic acids is 2. The first-order valence-corrected chi connectivity index (χ1v) is 12.7. The number of carbonyl (C=O) groups is 2. The molecule has 0 radical (unpaired) electrons. The van der Waals surface area contributed by atoms with E-state index >= 15 is 0 Å².